The van der Waals surface area contributed by atoms with Crippen LogP contribution < -0.4 is 0 Å². The summed E-state index contributed by atoms with van der Waals surface area (Å²) < 4.78 is 17.1. The van der Waals surface area contributed by atoms with Gasteiger partial charge in [0.1, 0.15) is 0 Å². The van der Waals surface area contributed by atoms with Gasteiger partial charge in [-0.3, -0.25) is 21.0 Å². The first-order valence-electron chi connectivity index (χ1n) is 0.733. The van der Waals surface area contributed by atoms with E-state index in [1.54, 1.807) is 0 Å². The van der Waals surface area contributed by atoms with Crippen molar-refractivity contribution in [3.63, 3.8) is 0 Å². The molecule has 6 nitrogen and oxygen atoms in total. The van der Waals surface area contributed by atoms with E-state index in [-0.39, 0.29) is 0 Å². The number of hydrogen-bond donors (Lipinski definition) is 4. The summed E-state index contributed by atoms with van der Waals surface area (Å²) in [5.41, 5.74) is 0. The van der Waals surface area contributed by atoms with Gasteiger partial charge < -0.3 is 0 Å². The van der Waals surface area contributed by atoms with E-state index in [1.807, 2.05) is 0 Å². The quantitative estimate of drug-likeness (QED) is 0.361. The van der Waals surface area contributed by atoms with E-state index in [0.717, 1.165) is 0 Å². The summed E-state index contributed by atoms with van der Waals surface area (Å²) >= 11 is -2.25. The molecule has 7 heavy (non-hydrogen) atoms. The first-order chi connectivity index (χ1) is 3.41. The Balaban J connectivity index is -0.0000000360. The van der Waals surface area contributed by atoms with Gasteiger partial charge in [0.25, 0.3) is 0 Å². The summed E-state index contributed by atoms with van der Waals surface area (Å²) in [6.45, 7) is 0. The van der Waals surface area contributed by atoms with E-state index < -0.39 is 18.5 Å². The molecule has 46 valence electrons. The van der Waals surface area contributed by atoms with Crippen molar-refractivity contribution >= 4 is 0 Å². The molecule has 0 saturated carbocycles. The zero-order valence-electron chi connectivity index (χ0n) is 3.01. The van der Waals surface area contributed by atoms with Crippen LogP contribution in [0, 0.1) is 0 Å². The normalized spacial score (nSPS) is 3.43. The van der Waals surface area contributed by atoms with E-state index in [1.165, 1.54) is 0 Å². The third-order valence-electron chi connectivity index (χ3n) is 0. The minimum absolute atomic E-state index is 2.25. The zero-order valence-corrected chi connectivity index (χ0v) is 5.95. The van der Waals surface area contributed by atoms with Gasteiger partial charge in [-0.05, 0) is 0 Å². The second-order valence-corrected chi connectivity index (χ2v) is 0.557. The van der Waals surface area contributed by atoms with Crippen LogP contribution in [0.5, 0.6) is 0 Å². The molecule has 0 aliphatic rings. The molecule has 0 amide bonds. The standard InChI is InChI=1S/2H2O2.2O.W/c2*1-2;;;/h2*1-2H;;;. The topological polar surface area (TPSA) is 115 Å². The Hall–Kier alpha value is 0.128. The summed E-state index contributed by atoms with van der Waals surface area (Å²) in [4.78, 5) is 0. The molecule has 0 rings (SSSR count). The summed E-state index contributed by atoms with van der Waals surface area (Å²) in [7, 11) is 0. The summed E-state index contributed by atoms with van der Waals surface area (Å²) in [5, 5.41) is 24.0. The van der Waals surface area contributed by atoms with Gasteiger partial charge in [-0.25, -0.2) is 0 Å². The van der Waals surface area contributed by atoms with Crippen molar-refractivity contribution in [3.05, 3.63) is 0 Å². The summed E-state index contributed by atoms with van der Waals surface area (Å²) in [6, 6.07) is 0. The Kier molecular flexibility index (Phi) is 284. The van der Waals surface area contributed by atoms with Crippen LogP contribution >= 0.6 is 0 Å². The number of hydrogen-bond acceptors (Lipinski definition) is 6. The molecule has 0 aromatic rings. The maximum atomic E-state index is 8.54. The first-order valence-corrected chi connectivity index (χ1v) is 3.13. The second kappa shape index (κ2) is 127. The Bertz CT molecular complexity index is 25.2. The maximum absolute atomic E-state index is 8.54. The van der Waals surface area contributed by atoms with Crippen LogP contribution in [0.25, 0.3) is 0 Å². The van der Waals surface area contributed by atoms with Gasteiger partial charge in [-0.2, -0.15) is 0 Å². The molecule has 0 saturated heterocycles. The van der Waals surface area contributed by atoms with Crippen molar-refractivity contribution in [3.8, 4) is 0 Å². The van der Waals surface area contributed by atoms with Crippen molar-refractivity contribution in [2.75, 3.05) is 0 Å². The fraction of sp³-hybridized carbons (Fsp3) is 0. The molecule has 0 spiro atoms. The van der Waals surface area contributed by atoms with Gasteiger partial charge in [0, 0.05) is 0 Å². The van der Waals surface area contributed by atoms with E-state index in [9.17, 15) is 0 Å². The minimum atomic E-state index is -2.25. The Morgan fingerprint density at radius 1 is 0.857 bits per heavy atom. The van der Waals surface area contributed by atoms with Gasteiger partial charge in [-0.15, -0.1) is 0 Å². The van der Waals surface area contributed by atoms with E-state index in [0.29, 0.717) is 0 Å². The van der Waals surface area contributed by atoms with Crippen LogP contribution in [-0.4, -0.2) is 21.0 Å². The van der Waals surface area contributed by atoms with Crippen molar-refractivity contribution in [2.24, 2.45) is 0 Å². The van der Waals surface area contributed by atoms with E-state index in [2.05, 4.69) is 0 Å². The van der Waals surface area contributed by atoms with Crippen LogP contribution in [0.1, 0.15) is 0 Å². The fourth-order valence-corrected chi connectivity index (χ4v) is 0. The fourth-order valence-electron chi connectivity index (χ4n) is 0. The molecule has 0 unspecified atom stereocenters. The summed E-state index contributed by atoms with van der Waals surface area (Å²) in [5.74, 6) is 0. The zero-order chi connectivity index (χ0) is 6.71. The summed E-state index contributed by atoms with van der Waals surface area (Å²) in [6.07, 6.45) is 0. The Labute approximate surface area is 47.0 Å². The average Bonchev–Trinajstić information content (AvgIpc) is 1.78. The Morgan fingerprint density at radius 2 is 0.857 bits per heavy atom. The van der Waals surface area contributed by atoms with Gasteiger partial charge >= 0.3 is 25.3 Å². The predicted molar refractivity (Wildman–Crippen MR) is 11.9 cm³/mol. The van der Waals surface area contributed by atoms with Crippen molar-refractivity contribution in [1.29, 1.82) is 0 Å². The predicted octanol–water partition coefficient (Wildman–Crippen LogP) is -0.205. The van der Waals surface area contributed by atoms with Crippen molar-refractivity contribution in [2.45, 2.75) is 0 Å². The van der Waals surface area contributed by atoms with Gasteiger partial charge in [0.2, 0.25) is 0 Å². The van der Waals surface area contributed by atoms with Gasteiger partial charge in [0.05, 0.1) is 0 Å². The molecule has 0 radical (unpaired) electrons. The molecule has 0 aromatic heterocycles. The molecule has 4 N–H and O–H groups in total. The van der Waals surface area contributed by atoms with Gasteiger partial charge in [-0.1, -0.05) is 0 Å². The van der Waals surface area contributed by atoms with Crippen LogP contribution in [-0.2, 0) is 25.3 Å². The molecule has 0 atom stereocenters. The molecule has 7 heteroatoms. The molecule has 0 aliphatic carbocycles. The van der Waals surface area contributed by atoms with Crippen LogP contribution in [0.15, 0.2) is 0 Å². The Morgan fingerprint density at radius 3 is 0.857 bits per heavy atom. The average molecular weight is 284 g/mol. The molecule has 0 fully saturated rings. The first kappa shape index (κ1) is 15.7. The van der Waals surface area contributed by atoms with Crippen LogP contribution in [0.4, 0.5) is 0 Å². The van der Waals surface area contributed by atoms with Crippen molar-refractivity contribution in [1.82, 2.24) is 0 Å². The van der Waals surface area contributed by atoms with Gasteiger partial charge in [0.15, 0.2) is 0 Å². The molecule has 0 aromatic carbocycles. The second-order valence-electron chi connectivity index (χ2n) is 0.0680. The third-order valence-corrected chi connectivity index (χ3v) is 0. The van der Waals surface area contributed by atoms with Crippen LogP contribution in [0.2, 0.25) is 0 Å². The van der Waals surface area contributed by atoms with E-state index >= 15 is 0 Å². The number of rotatable bonds is 0. The molecule has 0 bridgehead atoms. The molecular weight excluding hydrogens is 280 g/mol. The van der Waals surface area contributed by atoms with Crippen LogP contribution in [0.3, 0.4) is 0 Å². The third kappa shape index (κ3) is 6340. The van der Waals surface area contributed by atoms with Crippen molar-refractivity contribution < 1.29 is 46.3 Å². The molecular formula is H4O6W. The monoisotopic (exact) mass is 284 g/mol. The molecule has 0 heterocycles. The molecule has 0 aliphatic heterocycles. The van der Waals surface area contributed by atoms with E-state index in [4.69, 9.17) is 27.8 Å². The SMILES string of the molecule is OO.OO.[O]=[W]=[O].